The first kappa shape index (κ1) is 20.9. The summed E-state index contributed by atoms with van der Waals surface area (Å²) < 4.78 is 19.7. The molecule has 2 aliphatic heterocycles. The fraction of sp³-hybridized carbons (Fsp3) is 0.154. The number of Topliss-reactive ketones (excluding diaryl/α,β-unsaturated/α-hetero) is 2. The van der Waals surface area contributed by atoms with Crippen molar-refractivity contribution in [2.45, 2.75) is 11.7 Å². The SMILES string of the molecule is O=C1[C@@H]2[C@H](c3ccc(F)cc3)OC3(C(=O)c4ccccc4C3=O)[C@H]2C(=O)N1c1ccc(Cl)cc1. The zero-order valence-corrected chi connectivity index (χ0v) is 18.2. The van der Waals surface area contributed by atoms with Gasteiger partial charge in [0.05, 0.1) is 23.6 Å². The van der Waals surface area contributed by atoms with Gasteiger partial charge in [0.2, 0.25) is 29.0 Å². The van der Waals surface area contributed by atoms with Crippen molar-refractivity contribution in [1.29, 1.82) is 0 Å². The summed E-state index contributed by atoms with van der Waals surface area (Å²) in [5.41, 5.74) is -1.20. The summed E-state index contributed by atoms with van der Waals surface area (Å²) in [6.45, 7) is 0. The number of fused-ring (bicyclic) bond motifs is 3. The molecule has 2 fully saturated rings. The van der Waals surface area contributed by atoms with Gasteiger partial charge in [0.15, 0.2) is 0 Å². The van der Waals surface area contributed by atoms with Crippen LogP contribution in [0.1, 0.15) is 32.4 Å². The third-order valence-corrected chi connectivity index (χ3v) is 7.05. The van der Waals surface area contributed by atoms with Crippen LogP contribution in [0.4, 0.5) is 10.1 Å². The molecule has 0 N–H and O–H groups in total. The van der Waals surface area contributed by atoms with Gasteiger partial charge in [-0.3, -0.25) is 19.2 Å². The molecular formula is C26H15ClFNO5. The summed E-state index contributed by atoms with van der Waals surface area (Å²) in [5.74, 6) is -5.59. The molecule has 1 spiro atoms. The van der Waals surface area contributed by atoms with Gasteiger partial charge in [0.25, 0.3) is 0 Å². The van der Waals surface area contributed by atoms with Crippen LogP contribution in [0.25, 0.3) is 0 Å². The highest BCUT2D eigenvalue weighted by Crippen LogP contribution is 2.57. The standard InChI is InChI=1S/C26H15ClFNO5/c27-14-7-11-16(12-8-14)29-24(32)19-20(25(29)33)26(34-21(19)13-5-9-15(28)10-6-13)22(30)17-3-1-2-4-18(17)23(26)31/h1-12,19-21H/t19-,20+,21-/m0/s1. The first-order valence-corrected chi connectivity index (χ1v) is 11.0. The summed E-state index contributed by atoms with van der Waals surface area (Å²) >= 11 is 5.96. The number of hydrogen-bond donors (Lipinski definition) is 0. The quantitative estimate of drug-likeness (QED) is 0.410. The van der Waals surface area contributed by atoms with E-state index in [4.69, 9.17) is 16.3 Å². The summed E-state index contributed by atoms with van der Waals surface area (Å²) in [7, 11) is 0. The Morgan fingerprint density at radius 1 is 0.794 bits per heavy atom. The maximum atomic E-state index is 13.7. The van der Waals surface area contributed by atoms with E-state index in [-0.39, 0.29) is 16.8 Å². The van der Waals surface area contributed by atoms with E-state index >= 15 is 0 Å². The van der Waals surface area contributed by atoms with E-state index in [1.165, 1.54) is 60.7 Å². The largest absolute Gasteiger partial charge is 0.349 e. The van der Waals surface area contributed by atoms with Crippen LogP contribution >= 0.6 is 11.6 Å². The molecule has 168 valence electrons. The van der Waals surface area contributed by atoms with E-state index in [1.54, 1.807) is 12.1 Å². The smallest absolute Gasteiger partial charge is 0.241 e. The highest BCUT2D eigenvalue weighted by Gasteiger charge is 2.74. The van der Waals surface area contributed by atoms with Crippen LogP contribution in [-0.2, 0) is 14.3 Å². The minimum Gasteiger partial charge on any atom is -0.349 e. The molecule has 3 aliphatic rings. The van der Waals surface area contributed by atoms with Gasteiger partial charge in [-0.1, -0.05) is 48.0 Å². The second-order valence-electron chi connectivity index (χ2n) is 8.52. The molecule has 0 saturated carbocycles. The molecule has 0 bridgehead atoms. The summed E-state index contributed by atoms with van der Waals surface area (Å²) in [4.78, 5) is 55.7. The molecule has 3 aromatic carbocycles. The van der Waals surface area contributed by atoms with Gasteiger partial charge < -0.3 is 4.74 Å². The van der Waals surface area contributed by atoms with Crippen LogP contribution in [0.5, 0.6) is 0 Å². The van der Waals surface area contributed by atoms with Crippen molar-refractivity contribution >= 4 is 40.7 Å². The zero-order valence-electron chi connectivity index (χ0n) is 17.4. The number of carbonyl (C=O) groups is 4. The molecule has 2 amide bonds. The second kappa shape index (κ2) is 7.16. The molecule has 6 rings (SSSR count). The highest BCUT2D eigenvalue weighted by molar-refractivity contribution is 6.37. The first-order chi connectivity index (χ1) is 16.3. The van der Waals surface area contributed by atoms with Crippen LogP contribution in [0, 0.1) is 17.7 Å². The van der Waals surface area contributed by atoms with Gasteiger partial charge in [-0.2, -0.15) is 0 Å². The topological polar surface area (TPSA) is 80.8 Å². The maximum absolute atomic E-state index is 13.7. The Kier molecular flexibility index (Phi) is 4.40. The number of rotatable bonds is 2. The number of anilines is 1. The Balaban J connectivity index is 1.54. The van der Waals surface area contributed by atoms with Crippen molar-refractivity contribution in [3.8, 4) is 0 Å². The van der Waals surface area contributed by atoms with Gasteiger partial charge >= 0.3 is 0 Å². The highest BCUT2D eigenvalue weighted by atomic mass is 35.5. The predicted octanol–water partition coefficient (Wildman–Crippen LogP) is 4.17. The lowest BCUT2D eigenvalue weighted by Gasteiger charge is -2.27. The van der Waals surface area contributed by atoms with Gasteiger partial charge in [-0.25, -0.2) is 9.29 Å². The normalized spacial score (nSPS) is 24.8. The number of halogens is 2. The molecular weight excluding hydrogens is 461 g/mol. The van der Waals surface area contributed by atoms with Crippen molar-refractivity contribution < 1.29 is 28.3 Å². The van der Waals surface area contributed by atoms with Crippen molar-refractivity contribution in [3.63, 3.8) is 0 Å². The molecule has 6 nitrogen and oxygen atoms in total. The van der Waals surface area contributed by atoms with E-state index in [0.29, 0.717) is 10.6 Å². The van der Waals surface area contributed by atoms with Gasteiger partial charge in [-0.15, -0.1) is 0 Å². The summed E-state index contributed by atoms with van der Waals surface area (Å²) in [6, 6.07) is 17.6. The first-order valence-electron chi connectivity index (χ1n) is 10.6. The van der Waals surface area contributed by atoms with E-state index in [2.05, 4.69) is 0 Å². The van der Waals surface area contributed by atoms with Crippen LogP contribution in [0.2, 0.25) is 5.02 Å². The van der Waals surface area contributed by atoms with Gasteiger partial charge in [-0.05, 0) is 42.0 Å². The fourth-order valence-corrected chi connectivity index (χ4v) is 5.44. The average molecular weight is 476 g/mol. The zero-order chi connectivity index (χ0) is 23.8. The van der Waals surface area contributed by atoms with Crippen molar-refractivity contribution in [3.05, 3.63) is 100 Å². The third kappa shape index (κ3) is 2.59. The third-order valence-electron chi connectivity index (χ3n) is 6.80. The van der Waals surface area contributed by atoms with Crippen molar-refractivity contribution in [2.75, 3.05) is 4.90 Å². The number of imide groups is 1. The van der Waals surface area contributed by atoms with E-state index < -0.39 is 52.7 Å². The lowest BCUT2D eigenvalue weighted by atomic mass is 9.77. The van der Waals surface area contributed by atoms with Crippen LogP contribution < -0.4 is 4.90 Å². The van der Waals surface area contributed by atoms with Crippen LogP contribution in [0.15, 0.2) is 72.8 Å². The minimum absolute atomic E-state index is 0.149. The Bertz CT molecular complexity index is 1370. The number of carbonyl (C=O) groups excluding carboxylic acids is 4. The number of hydrogen-bond acceptors (Lipinski definition) is 5. The molecule has 2 heterocycles. The molecule has 2 saturated heterocycles. The average Bonchev–Trinajstić information content (AvgIpc) is 3.40. The van der Waals surface area contributed by atoms with Crippen LogP contribution in [0.3, 0.4) is 0 Å². The predicted molar refractivity (Wildman–Crippen MR) is 119 cm³/mol. The van der Waals surface area contributed by atoms with Gasteiger partial charge in [0.1, 0.15) is 5.82 Å². The number of ketones is 2. The van der Waals surface area contributed by atoms with Crippen molar-refractivity contribution in [2.24, 2.45) is 11.8 Å². The fourth-order valence-electron chi connectivity index (χ4n) is 5.32. The maximum Gasteiger partial charge on any atom is 0.241 e. The Morgan fingerprint density at radius 2 is 1.38 bits per heavy atom. The van der Waals surface area contributed by atoms with Crippen LogP contribution in [-0.4, -0.2) is 29.0 Å². The molecule has 3 aromatic rings. The van der Waals surface area contributed by atoms with Crippen molar-refractivity contribution in [1.82, 2.24) is 0 Å². The van der Waals surface area contributed by atoms with Gasteiger partial charge in [0, 0.05) is 16.1 Å². The number of ether oxygens (including phenoxy) is 1. The second-order valence-corrected chi connectivity index (χ2v) is 8.96. The monoisotopic (exact) mass is 475 g/mol. The molecule has 0 radical (unpaired) electrons. The molecule has 0 aromatic heterocycles. The molecule has 3 atom stereocenters. The van der Waals surface area contributed by atoms with E-state index in [0.717, 1.165) is 4.90 Å². The van der Waals surface area contributed by atoms with E-state index in [9.17, 15) is 23.6 Å². The Labute approximate surface area is 197 Å². The summed E-state index contributed by atoms with van der Waals surface area (Å²) in [5, 5.41) is 0.420. The number of benzene rings is 3. The minimum atomic E-state index is -2.17. The lowest BCUT2D eigenvalue weighted by molar-refractivity contribution is -0.127. The Hall–Kier alpha value is -3.68. The molecule has 0 unspecified atom stereocenters. The number of nitrogens with zero attached hydrogens (tertiary/aromatic N) is 1. The molecule has 34 heavy (non-hydrogen) atoms. The van der Waals surface area contributed by atoms with E-state index in [1.807, 2.05) is 0 Å². The Morgan fingerprint density at radius 3 is 1.97 bits per heavy atom. The number of amides is 2. The molecule has 1 aliphatic carbocycles. The summed E-state index contributed by atoms with van der Waals surface area (Å²) in [6.07, 6.45) is -1.10. The molecule has 8 heteroatoms. The lowest BCUT2D eigenvalue weighted by Crippen LogP contribution is -2.51.